The Bertz CT molecular complexity index is 800. The fourth-order valence-electron chi connectivity index (χ4n) is 4.30. The third kappa shape index (κ3) is 7.38. The molecule has 1 amide bonds. The van der Waals surface area contributed by atoms with E-state index in [1.165, 1.54) is 11.1 Å². The molecule has 0 spiro atoms. The molecule has 6 nitrogen and oxygen atoms in total. The minimum absolute atomic E-state index is 0.00324. The normalized spacial score (nSPS) is 17.3. The maximum Gasteiger partial charge on any atom is 0.221 e. The zero-order chi connectivity index (χ0) is 22.6. The average molecular weight is 436 g/mol. The molecule has 6 heteroatoms. The van der Waals surface area contributed by atoms with Gasteiger partial charge in [-0.2, -0.15) is 0 Å². The van der Waals surface area contributed by atoms with Crippen LogP contribution in [0.15, 0.2) is 65.7 Å². The van der Waals surface area contributed by atoms with Crippen molar-refractivity contribution in [2.45, 2.75) is 32.1 Å². The van der Waals surface area contributed by atoms with Crippen molar-refractivity contribution in [1.29, 1.82) is 0 Å². The number of nitrogens with two attached hydrogens (primary N) is 1. The summed E-state index contributed by atoms with van der Waals surface area (Å²) in [6, 6.07) is 21.1. The molecule has 1 aliphatic rings. The highest BCUT2D eigenvalue weighted by Crippen LogP contribution is 2.24. The molecule has 2 aromatic rings. The fraction of sp³-hybridized carbons (Fsp3) is 0.462. The summed E-state index contributed by atoms with van der Waals surface area (Å²) in [6.45, 7) is 7.22. The Kier molecular flexibility index (Phi) is 9.57. The number of nitrogens with zero attached hydrogens (tertiary/aromatic N) is 2. The molecule has 0 bridgehead atoms. The van der Waals surface area contributed by atoms with Crippen LogP contribution in [0.3, 0.4) is 0 Å². The van der Waals surface area contributed by atoms with Crippen molar-refractivity contribution in [2.75, 3.05) is 39.3 Å². The number of nitrogens with one attached hydrogen (secondary N) is 2. The first-order chi connectivity index (χ1) is 15.7. The van der Waals surface area contributed by atoms with Crippen molar-refractivity contribution >= 4 is 11.9 Å². The van der Waals surface area contributed by atoms with E-state index in [0.29, 0.717) is 6.54 Å². The summed E-state index contributed by atoms with van der Waals surface area (Å²) in [6.07, 6.45) is 2.97. The first-order valence-electron chi connectivity index (χ1n) is 11.8. The lowest BCUT2D eigenvalue weighted by atomic mass is 9.91. The highest BCUT2D eigenvalue weighted by Gasteiger charge is 2.23. The van der Waals surface area contributed by atoms with Crippen molar-refractivity contribution in [2.24, 2.45) is 16.6 Å². The molecule has 1 saturated heterocycles. The fourth-order valence-corrected chi connectivity index (χ4v) is 4.30. The molecule has 3 rings (SSSR count). The Morgan fingerprint density at radius 2 is 1.75 bits per heavy atom. The van der Waals surface area contributed by atoms with Crippen LogP contribution < -0.4 is 16.4 Å². The molecule has 1 atom stereocenters. The van der Waals surface area contributed by atoms with Crippen LogP contribution in [0, 0.1) is 5.92 Å². The lowest BCUT2D eigenvalue weighted by Crippen LogP contribution is -2.43. The largest absolute Gasteiger partial charge is 0.369 e. The zero-order valence-corrected chi connectivity index (χ0v) is 19.2. The molecule has 172 valence electrons. The number of hydrogen-bond acceptors (Lipinski definition) is 3. The second kappa shape index (κ2) is 12.9. The van der Waals surface area contributed by atoms with Crippen molar-refractivity contribution in [3.63, 3.8) is 0 Å². The SMILES string of the molecule is CCNC(=NCC(c1ccccc1)c1ccccc1)NCCCN1CCCC(C(N)=O)C1. The summed E-state index contributed by atoms with van der Waals surface area (Å²) in [5.74, 6) is 0.897. The van der Waals surface area contributed by atoms with Gasteiger partial charge in [0.2, 0.25) is 5.91 Å². The Morgan fingerprint density at radius 3 is 2.34 bits per heavy atom. The molecule has 1 heterocycles. The van der Waals surface area contributed by atoms with Crippen LogP contribution in [-0.2, 0) is 4.79 Å². The highest BCUT2D eigenvalue weighted by molar-refractivity contribution is 5.79. The summed E-state index contributed by atoms with van der Waals surface area (Å²) >= 11 is 0. The summed E-state index contributed by atoms with van der Waals surface area (Å²) in [5.41, 5.74) is 8.04. The monoisotopic (exact) mass is 435 g/mol. The molecule has 1 aliphatic heterocycles. The number of amides is 1. The van der Waals surface area contributed by atoms with E-state index in [1.807, 2.05) is 0 Å². The maximum absolute atomic E-state index is 11.5. The molecule has 4 N–H and O–H groups in total. The van der Waals surface area contributed by atoms with Gasteiger partial charge in [0.1, 0.15) is 0 Å². The van der Waals surface area contributed by atoms with Gasteiger partial charge in [-0.25, -0.2) is 0 Å². The highest BCUT2D eigenvalue weighted by atomic mass is 16.1. The van der Waals surface area contributed by atoms with Crippen LogP contribution >= 0.6 is 0 Å². The Morgan fingerprint density at radius 1 is 1.09 bits per heavy atom. The average Bonchev–Trinajstić information content (AvgIpc) is 2.83. The molecule has 32 heavy (non-hydrogen) atoms. The minimum atomic E-state index is -0.166. The van der Waals surface area contributed by atoms with Crippen molar-refractivity contribution in [3.8, 4) is 0 Å². The minimum Gasteiger partial charge on any atom is -0.369 e. The number of hydrogen-bond donors (Lipinski definition) is 3. The van der Waals surface area contributed by atoms with Crippen LogP contribution in [0.2, 0.25) is 0 Å². The van der Waals surface area contributed by atoms with Crippen molar-refractivity contribution < 1.29 is 4.79 Å². The smallest absolute Gasteiger partial charge is 0.221 e. The van der Waals surface area contributed by atoms with Gasteiger partial charge in [0, 0.05) is 25.6 Å². The molecular formula is C26H37N5O. The number of benzene rings is 2. The summed E-state index contributed by atoms with van der Waals surface area (Å²) in [7, 11) is 0. The maximum atomic E-state index is 11.5. The molecule has 0 radical (unpaired) electrons. The van der Waals surface area contributed by atoms with E-state index >= 15 is 0 Å². The predicted octanol–water partition coefficient (Wildman–Crippen LogP) is 2.96. The van der Waals surface area contributed by atoms with E-state index in [1.54, 1.807) is 0 Å². The van der Waals surface area contributed by atoms with Crippen molar-refractivity contribution in [3.05, 3.63) is 71.8 Å². The number of primary amides is 1. The summed E-state index contributed by atoms with van der Waals surface area (Å²) < 4.78 is 0. The number of carbonyl (C=O) groups excluding carboxylic acids is 1. The van der Waals surface area contributed by atoms with Gasteiger partial charge < -0.3 is 21.3 Å². The molecular weight excluding hydrogens is 398 g/mol. The Labute approximate surface area is 192 Å². The topological polar surface area (TPSA) is 82.8 Å². The van der Waals surface area contributed by atoms with E-state index in [-0.39, 0.29) is 17.7 Å². The molecule has 0 aromatic heterocycles. The van der Waals surface area contributed by atoms with Crippen molar-refractivity contribution in [1.82, 2.24) is 15.5 Å². The van der Waals surface area contributed by atoms with Gasteiger partial charge >= 0.3 is 0 Å². The summed E-state index contributed by atoms with van der Waals surface area (Å²) in [4.78, 5) is 18.7. The van der Waals surface area contributed by atoms with E-state index in [0.717, 1.165) is 57.9 Å². The van der Waals surface area contributed by atoms with Crippen LogP contribution in [0.1, 0.15) is 43.2 Å². The first-order valence-corrected chi connectivity index (χ1v) is 11.8. The van der Waals surface area contributed by atoms with Gasteiger partial charge in [0.05, 0.1) is 12.5 Å². The van der Waals surface area contributed by atoms with Gasteiger partial charge in [-0.3, -0.25) is 9.79 Å². The number of rotatable bonds is 10. The zero-order valence-electron chi connectivity index (χ0n) is 19.2. The van der Waals surface area contributed by atoms with Crippen LogP contribution in [0.4, 0.5) is 0 Å². The van der Waals surface area contributed by atoms with Gasteiger partial charge in [-0.05, 0) is 50.4 Å². The van der Waals surface area contributed by atoms with Gasteiger partial charge in [-0.15, -0.1) is 0 Å². The Balaban J connectivity index is 1.55. The number of aliphatic imine (C=N–C) groups is 1. The number of carbonyl (C=O) groups is 1. The van der Waals surface area contributed by atoms with Gasteiger partial charge in [-0.1, -0.05) is 60.7 Å². The first kappa shape index (κ1) is 23.8. The third-order valence-corrected chi connectivity index (χ3v) is 6.03. The van der Waals surface area contributed by atoms with E-state index < -0.39 is 0 Å². The molecule has 2 aromatic carbocycles. The van der Waals surface area contributed by atoms with E-state index in [2.05, 4.69) is 83.1 Å². The summed E-state index contributed by atoms with van der Waals surface area (Å²) in [5, 5.41) is 6.84. The number of likely N-dealkylation sites (tertiary alicyclic amines) is 1. The second-order valence-electron chi connectivity index (χ2n) is 8.42. The van der Waals surface area contributed by atoms with E-state index in [4.69, 9.17) is 10.7 Å². The molecule has 1 fully saturated rings. The lowest BCUT2D eigenvalue weighted by molar-refractivity contribution is -0.123. The molecule has 0 saturated carbocycles. The number of piperidine rings is 1. The van der Waals surface area contributed by atoms with Crippen LogP contribution in [-0.4, -0.2) is 56.0 Å². The Hall–Kier alpha value is -2.86. The quantitative estimate of drug-likeness (QED) is 0.304. The predicted molar refractivity (Wildman–Crippen MR) is 132 cm³/mol. The molecule has 1 unspecified atom stereocenters. The van der Waals surface area contributed by atoms with Gasteiger partial charge in [0.25, 0.3) is 0 Å². The third-order valence-electron chi connectivity index (χ3n) is 6.03. The second-order valence-corrected chi connectivity index (χ2v) is 8.42. The van der Waals surface area contributed by atoms with Crippen LogP contribution in [0.25, 0.3) is 0 Å². The number of guanidine groups is 1. The standard InChI is InChI=1S/C26H37N5O/c1-2-28-26(29-16-10-18-31-17-9-15-23(20-31)25(27)32)30-19-24(21-11-5-3-6-12-21)22-13-7-4-8-14-22/h3-8,11-14,23-24H,2,9-10,15-20H2,1H3,(H2,27,32)(H2,28,29,30). The van der Waals surface area contributed by atoms with Gasteiger partial charge in [0.15, 0.2) is 5.96 Å². The molecule has 0 aliphatic carbocycles. The van der Waals surface area contributed by atoms with E-state index in [9.17, 15) is 4.79 Å². The lowest BCUT2D eigenvalue weighted by Gasteiger charge is -2.31. The van der Waals surface area contributed by atoms with Crippen LogP contribution in [0.5, 0.6) is 0 Å².